The maximum Gasteiger partial charge on any atom is 0.225 e. The molecular formula is C27H29ClN6O. The van der Waals surface area contributed by atoms with Crippen LogP contribution in [0.3, 0.4) is 0 Å². The van der Waals surface area contributed by atoms with Gasteiger partial charge in [0.25, 0.3) is 0 Å². The zero-order valence-corrected chi connectivity index (χ0v) is 20.5. The molecule has 1 amide bonds. The van der Waals surface area contributed by atoms with Crippen molar-refractivity contribution in [2.24, 2.45) is 5.92 Å². The topological polar surface area (TPSA) is 66.6 Å². The van der Waals surface area contributed by atoms with Crippen LogP contribution in [0, 0.1) is 5.92 Å². The molecule has 180 valence electrons. The van der Waals surface area contributed by atoms with Crippen molar-refractivity contribution in [1.82, 2.24) is 24.5 Å². The molecule has 2 aliphatic rings. The summed E-state index contributed by atoms with van der Waals surface area (Å²) in [6.45, 7) is 3.07. The molecule has 0 unspecified atom stereocenters. The second kappa shape index (κ2) is 9.46. The first kappa shape index (κ1) is 22.3. The van der Waals surface area contributed by atoms with Crippen LogP contribution >= 0.6 is 11.6 Å². The molecule has 0 bridgehead atoms. The molecule has 6 rings (SSSR count). The minimum atomic E-state index is 0.213. The van der Waals surface area contributed by atoms with Crippen molar-refractivity contribution in [3.05, 3.63) is 64.9 Å². The Kier molecular flexibility index (Phi) is 6.02. The molecule has 3 heterocycles. The Morgan fingerprint density at radius 1 is 0.943 bits per heavy atom. The number of nitrogens with zero attached hydrogens (tertiary/aromatic N) is 6. The van der Waals surface area contributed by atoms with E-state index >= 15 is 0 Å². The molecule has 8 heteroatoms. The molecular weight excluding hydrogens is 460 g/mol. The molecule has 1 saturated carbocycles. The number of halogens is 1. The fourth-order valence-electron chi connectivity index (χ4n) is 5.52. The number of fused-ring (bicyclic) bond motifs is 3. The number of amides is 1. The first-order valence-electron chi connectivity index (χ1n) is 12.6. The van der Waals surface area contributed by atoms with E-state index < -0.39 is 0 Å². The first-order chi connectivity index (χ1) is 17.2. The second-order valence-electron chi connectivity index (χ2n) is 9.66. The van der Waals surface area contributed by atoms with Crippen LogP contribution in [0.4, 0.5) is 5.95 Å². The fourth-order valence-corrected chi connectivity index (χ4v) is 5.69. The summed E-state index contributed by atoms with van der Waals surface area (Å²) in [5.74, 6) is 2.22. The largest absolute Gasteiger partial charge is 0.341 e. The highest BCUT2D eigenvalue weighted by Crippen LogP contribution is 2.29. The molecule has 1 saturated heterocycles. The number of rotatable bonds is 4. The van der Waals surface area contributed by atoms with E-state index in [0.29, 0.717) is 23.9 Å². The highest BCUT2D eigenvalue weighted by Gasteiger charge is 2.29. The third-order valence-electron chi connectivity index (χ3n) is 7.35. The van der Waals surface area contributed by atoms with Gasteiger partial charge in [0.2, 0.25) is 11.9 Å². The first-order valence-corrected chi connectivity index (χ1v) is 13.0. The summed E-state index contributed by atoms with van der Waals surface area (Å²) in [5.41, 5.74) is 2.77. The van der Waals surface area contributed by atoms with Crippen molar-refractivity contribution in [3.63, 3.8) is 0 Å². The van der Waals surface area contributed by atoms with E-state index in [9.17, 15) is 4.79 Å². The van der Waals surface area contributed by atoms with Crippen LogP contribution in [0.15, 0.2) is 48.5 Å². The van der Waals surface area contributed by atoms with Crippen molar-refractivity contribution >= 4 is 40.0 Å². The van der Waals surface area contributed by atoms with E-state index in [0.717, 1.165) is 67.2 Å². The Balaban J connectivity index is 1.38. The maximum atomic E-state index is 13.1. The maximum absolute atomic E-state index is 13.1. The van der Waals surface area contributed by atoms with Crippen LogP contribution in [0.25, 0.3) is 16.6 Å². The fraction of sp³-hybridized carbons (Fsp3) is 0.407. The summed E-state index contributed by atoms with van der Waals surface area (Å²) < 4.78 is 2.09. The van der Waals surface area contributed by atoms with Gasteiger partial charge in [0.1, 0.15) is 5.82 Å². The van der Waals surface area contributed by atoms with E-state index in [2.05, 4.69) is 36.5 Å². The van der Waals surface area contributed by atoms with Crippen LogP contribution in [0.2, 0.25) is 5.02 Å². The average molecular weight is 489 g/mol. The molecule has 0 atom stereocenters. The normalized spacial score (nSPS) is 17.4. The van der Waals surface area contributed by atoms with Crippen LogP contribution in [0.5, 0.6) is 0 Å². The van der Waals surface area contributed by atoms with Crippen LogP contribution < -0.4 is 4.90 Å². The lowest BCUT2D eigenvalue weighted by atomic mass is 10.1. The highest BCUT2D eigenvalue weighted by atomic mass is 35.5. The van der Waals surface area contributed by atoms with Gasteiger partial charge in [-0.1, -0.05) is 54.8 Å². The Morgan fingerprint density at radius 3 is 2.60 bits per heavy atom. The van der Waals surface area contributed by atoms with E-state index in [-0.39, 0.29) is 5.92 Å². The van der Waals surface area contributed by atoms with E-state index in [1.54, 1.807) is 0 Å². The molecule has 1 aliphatic heterocycles. The van der Waals surface area contributed by atoms with E-state index in [1.807, 2.05) is 36.4 Å². The highest BCUT2D eigenvalue weighted by molar-refractivity contribution is 6.31. The third kappa shape index (κ3) is 4.33. The number of carbonyl (C=O) groups is 1. The second-order valence-corrected chi connectivity index (χ2v) is 10.1. The predicted molar refractivity (Wildman–Crippen MR) is 138 cm³/mol. The lowest BCUT2D eigenvalue weighted by molar-refractivity contribution is -0.135. The Labute approximate surface area is 209 Å². The van der Waals surface area contributed by atoms with E-state index in [1.165, 1.54) is 18.4 Å². The number of carbonyl (C=O) groups excluding carboxylic acids is 1. The molecule has 0 spiro atoms. The molecule has 2 aromatic heterocycles. The molecule has 0 N–H and O–H groups in total. The van der Waals surface area contributed by atoms with Crippen molar-refractivity contribution in [2.75, 3.05) is 31.1 Å². The van der Waals surface area contributed by atoms with Gasteiger partial charge in [-0.15, -0.1) is 10.2 Å². The Morgan fingerprint density at radius 2 is 1.77 bits per heavy atom. The summed E-state index contributed by atoms with van der Waals surface area (Å²) in [4.78, 5) is 22.5. The zero-order valence-electron chi connectivity index (χ0n) is 19.7. The molecule has 7 nitrogen and oxygen atoms in total. The number of hydrogen-bond acceptors (Lipinski definition) is 5. The van der Waals surface area contributed by atoms with E-state index in [4.69, 9.17) is 16.6 Å². The summed E-state index contributed by atoms with van der Waals surface area (Å²) in [6, 6.07) is 16.0. The van der Waals surface area contributed by atoms with Gasteiger partial charge < -0.3 is 9.80 Å². The minimum absolute atomic E-state index is 0.213. The van der Waals surface area contributed by atoms with Crippen LogP contribution in [0.1, 0.15) is 43.5 Å². The van der Waals surface area contributed by atoms with Gasteiger partial charge in [-0.2, -0.15) is 0 Å². The number of aromatic nitrogens is 4. The third-order valence-corrected chi connectivity index (χ3v) is 7.59. The number of hydrogen-bond donors (Lipinski definition) is 0. The average Bonchev–Trinajstić information content (AvgIpc) is 3.49. The lowest BCUT2D eigenvalue weighted by Crippen LogP contribution is -2.38. The Bertz CT molecular complexity index is 1360. The summed E-state index contributed by atoms with van der Waals surface area (Å²) >= 11 is 6.32. The lowest BCUT2D eigenvalue weighted by Gasteiger charge is -2.25. The van der Waals surface area contributed by atoms with Gasteiger partial charge >= 0.3 is 0 Å². The molecule has 4 aromatic rings. The summed E-state index contributed by atoms with van der Waals surface area (Å²) in [7, 11) is 0. The molecule has 2 fully saturated rings. The van der Waals surface area contributed by atoms with Crippen LogP contribution in [-0.2, 0) is 11.2 Å². The van der Waals surface area contributed by atoms with Gasteiger partial charge in [-0.25, -0.2) is 9.38 Å². The smallest absolute Gasteiger partial charge is 0.225 e. The minimum Gasteiger partial charge on any atom is -0.341 e. The molecule has 0 radical (unpaired) electrons. The predicted octanol–water partition coefficient (Wildman–Crippen LogP) is 4.75. The van der Waals surface area contributed by atoms with Gasteiger partial charge in [-0.3, -0.25) is 4.79 Å². The Hall–Kier alpha value is -3.19. The number of benzene rings is 2. The molecule has 1 aliphatic carbocycles. The quantitative estimate of drug-likeness (QED) is 0.414. The van der Waals surface area contributed by atoms with Crippen LogP contribution in [-0.4, -0.2) is 56.6 Å². The van der Waals surface area contributed by atoms with Gasteiger partial charge in [0, 0.05) is 48.9 Å². The van der Waals surface area contributed by atoms with Gasteiger partial charge in [0.05, 0.1) is 5.52 Å². The SMILES string of the molecule is O=C(C1CCCC1)N1CCCN(c2nc3cc(Cl)ccc3c3nnc(Cc4ccccc4)n23)CC1. The summed E-state index contributed by atoms with van der Waals surface area (Å²) in [6.07, 6.45) is 6.00. The number of anilines is 1. The summed E-state index contributed by atoms with van der Waals surface area (Å²) in [5, 5.41) is 10.7. The van der Waals surface area contributed by atoms with Gasteiger partial charge in [-0.05, 0) is 43.0 Å². The standard InChI is InChI=1S/C27H29ClN6O/c28-21-11-12-22-23(18-21)29-27(34-24(30-31-25(22)34)17-19-7-2-1-3-8-19)33-14-6-13-32(15-16-33)26(35)20-9-4-5-10-20/h1-3,7-8,11-12,18,20H,4-6,9-10,13-17H2. The monoisotopic (exact) mass is 488 g/mol. The zero-order chi connectivity index (χ0) is 23.8. The van der Waals surface area contributed by atoms with Crippen molar-refractivity contribution in [3.8, 4) is 0 Å². The molecule has 2 aromatic carbocycles. The molecule has 35 heavy (non-hydrogen) atoms. The van der Waals surface area contributed by atoms with Crippen molar-refractivity contribution in [2.45, 2.75) is 38.5 Å². The van der Waals surface area contributed by atoms with Crippen molar-refractivity contribution in [1.29, 1.82) is 0 Å². The van der Waals surface area contributed by atoms with Crippen molar-refractivity contribution < 1.29 is 4.79 Å². The van der Waals surface area contributed by atoms with Gasteiger partial charge in [0.15, 0.2) is 5.65 Å².